The first-order valence-corrected chi connectivity index (χ1v) is 7.81. The SMILES string of the molecule is CC1=C(C#N)c2nc(N)c(C#N)c(C)c2/C1=C\c1ccc(O)c([N+](=O)[O-])c1. The van der Waals surface area contributed by atoms with Crippen LogP contribution in [-0.4, -0.2) is 15.0 Å². The molecule has 0 amide bonds. The fourth-order valence-corrected chi connectivity index (χ4v) is 3.14. The van der Waals surface area contributed by atoms with Gasteiger partial charge in [-0.25, -0.2) is 4.98 Å². The minimum Gasteiger partial charge on any atom is -0.502 e. The summed E-state index contributed by atoms with van der Waals surface area (Å²) >= 11 is 0. The lowest BCUT2D eigenvalue weighted by molar-refractivity contribution is -0.385. The highest BCUT2D eigenvalue weighted by Crippen LogP contribution is 2.44. The third-order valence-electron chi connectivity index (χ3n) is 4.49. The first-order chi connectivity index (χ1) is 12.8. The van der Waals surface area contributed by atoms with E-state index in [1.807, 2.05) is 6.07 Å². The predicted octanol–water partition coefficient (Wildman–Crippen LogP) is 3.31. The van der Waals surface area contributed by atoms with Crippen molar-refractivity contribution < 1.29 is 10.0 Å². The number of benzene rings is 1. The van der Waals surface area contributed by atoms with Gasteiger partial charge in [-0.05, 0) is 48.3 Å². The van der Waals surface area contributed by atoms with Crippen molar-refractivity contribution in [1.29, 1.82) is 10.5 Å². The van der Waals surface area contributed by atoms with Crippen LogP contribution in [0.25, 0.3) is 17.2 Å². The van der Waals surface area contributed by atoms with Gasteiger partial charge in [-0.2, -0.15) is 10.5 Å². The fourth-order valence-electron chi connectivity index (χ4n) is 3.14. The summed E-state index contributed by atoms with van der Waals surface area (Å²) in [4.78, 5) is 14.6. The number of rotatable bonds is 2. The van der Waals surface area contributed by atoms with E-state index < -0.39 is 16.4 Å². The van der Waals surface area contributed by atoms with E-state index in [9.17, 15) is 25.7 Å². The summed E-state index contributed by atoms with van der Waals surface area (Å²) in [6.07, 6.45) is 1.66. The molecular weight excluding hydrogens is 346 g/mol. The Balaban J connectivity index is 2.31. The van der Waals surface area contributed by atoms with Gasteiger partial charge in [0.15, 0.2) is 5.75 Å². The number of hydrogen-bond acceptors (Lipinski definition) is 7. The van der Waals surface area contributed by atoms with Gasteiger partial charge in [0.2, 0.25) is 0 Å². The van der Waals surface area contributed by atoms with Gasteiger partial charge in [0.25, 0.3) is 0 Å². The van der Waals surface area contributed by atoms with Crippen LogP contribution in [0, 0.1) is 39.7 Å². The van der Waals surface area contributed by atoms with Gasteiger partial charge >= 0.3 is 5.69 Å². The first kappa shape index (κ1) is 17.6. The number of nitrogen functional groups attached to an aromatic ring is 1. The number of aromatic hydroxyl groups is 1. The second kappa shape index (κ2) is 6.28. The molecule has 0 aliphatic heterocycles. The number of nitriles is 2. The molecule has 0 fully saturated rings. The number of aromatic nitrogens is 1. The number of nitro benzene ring substituents is 1. The lowest BCUT2D eigenvalue weighted by Gasteiger charge is -2.11. The van der Waals surface area contributed by atoms with E-state index in [1.54, 1.807) is 19.9 Å². The smallest absolute Gasteiger partial charge is 0.311 e. The third-order valence-corrected chi connectivity index (χ3v) is 4.49. The van der Waals surface area contributed by atoms with Crippen LogP contribution in [0.2, 0.25) is 0 Å². The van der Waals surface area contributed by atoms with Crippen molar-refractivity contribution in [3.05, 3.63) is 61.8 Å². The summed E-state index contributed by atoms with van der Waals surface area (Å²) in [6.45, 7) is 3.46. The lowest BCUT2D eigenvalue weighted by Crippen LogP contribution is -2.03. The van der Waals surface area contributed by atoms with E-state index in [0.717, 1.165) is 0 Å². The maximum Gasteiger partial charge on any atom is 0.311 e. The Morgan fingerprint density at radius 3 is 2.59 bits per heavy atom. The van der Waals surface area contributed by atoms with Crippen molar-refractivity contribution in [3.8, 4) is 17.9 Å². The summed E-state index contributed by atoms with van der Waals surface area (Å²) in [5, 5.41) is 39.6. The minimum absolute atomic E-state index is 0.0517. The molecule has 27 heavy (non-hydrogen) atoms. The average molecular weight is 359 g/mol. The molecule has 0 radical (unpaired) electrons. The number of nitrogens with two attached hydrogens (primary N) is 1. The Morgan fingerprint density at radius 2 is 2.00 bits per heavy atom. The number of anilines is 1. The van der Waals surface area contributed by atoms with Gasteiger partial charge in [-0.1, -0.05) is 6.07 Å². The Kier molecular flexibility index (Phi) is 4.11. The number of nitrogens with zero attached hydrogens (tertiary/aromatic N) is 4. The number of pyridine rings is 1. The zero-order valence-electron chi connectivity index (χ0n) is 14.4. The Morgan fingerprint density at radius 1 is 1.30 bits per heavy atom. The molecule has 0 saturated heterocycles. The van der Waals surface area contributed by atoms with Gasteiger partial charge < -0.3 is 10.8 Å². The summed E-state index contributed by atoms with van der Waals surface area (Å²) in [5.41, 5.74) is 9.30. The molecule has 1 aliphatic rings. The fraction of sp³-hybridized carbons (Fsp3) is 0.105. The molecule has 1 aromatic heterocycles. The molecule has 1 heterocycles. The van der Waals surface area contributed by atoms with Crippen LogP contribution in [-0.2, 0) is 0 Å². The highest BCUT2D eigenvalue weighted by Gasteiger charge is 2.29. The van der Waals surface area contributed by atoms with Gasteiger partial charge in [0, 0.05) is 11.6 Å². The molecule has 0 bridgehead atoms. The van der Waals surface area contributed by atoms with E-state index in [-0.39, 0.29) is 11.4 Å². The number of nitro groups is 1. The van der Waals surface area contributed by atoms with Crippen LogP contribution in [0.4, 0.5) is 11.5 Å². The molecule has 3 rings (SSSR count). The molecule has 132 valence electrons. The molecule has 2 aromatic rings. The Labute approximate surface area is 154 Å². The quantitative estimate of drug-likeness (QED) is 0.616. The Bertz CT molecular complexity index is 1160. The highest BCUT2D eigenvalue weighted by molar-refractivity contribution is 6.08. The van der Waals surface area contributed by atoms with Gasteiger partial charge in [-0.15, -0.1) is 0 Å². The van der Waals surface area contributed by atoms with E-state index in [1.165, 1.54) is 18.2 Å². The summed E-state index contributed by atoms with van der Waals surface area (Å²) in [7, 11) is 0. The second-order valence-corrected chi connectivity index (χ2v) is 6.01. The second-order valence-electron chi connectivity index (χ2n) is 6.01. The normalized spacial score (nSPS) is 14.0. The Hall–Kier alpha value is -4.17. The molecule has 0 saturated carbocycles. The summed E-state index contributed by atoms with van der Waals surface area (Å²) in [5.74, 6) is -0.382. The maximum absolute atomic E-state index is 11.1. The predicted molar refractivity (Wildman–Crippen MR) is 98.9 cm³/mol. The maximum atomic E-state index is 11.1. The number of phenolic OH excluding ortho intramolecular Hbond substituents is 1. The van der Waals surface area contributed by atoms with Gasteiger partial charge in [0.05, 0.1) is 21.8 Å². The van der Waals surface area contributed by atoms with Crippen LogP contribution in [0.15, 0.2) is 23.8 Å². The number of allylic oxidation sites excluding steroid dienone is 3. The summed E-state index contributed by atoms with van der Waals surface area (Å²) < 4.78 is 0. The van der Waals surface area contributed by atoms with E-state index in [0.29, 0.717) is 39.1 Å². The van der Waals surface area contributed by atoms with Crippen LogP contribution in [0.3, 0.4) is 0 Å². The molecular formula is C19H13N5O3. The molecule has 0 unspecified atom stereocenters. The first-order valence-electron chi connectivity index (χ1n) is 7.81. The molecule has 1 aliphatic carbocycles. The number of fused-ring (bicyclic) bond motifs is 1. The molecule has 8 nitrogen and oxygen atoms in total. The van der Waals surface area contributed by atoms with E-state index in [4.69, 9.17) is 5.73 Å². The van der Waals surface area contributed by atoms with Crippen molar-refractivity contribution in [2.24, 2.45) is 0 Å². The summed E-state index contributed by atoms with van der Waals surface area (Å²) in [6, 6.07) is 8.13. The van der Waals surface area contributed by atoms with Crippen LogP contribution >= 0.6 is 0 Å². The van der Waals surface area contributed by atoms with Crippen molar-refractivity contribution >= 4 is 28.7 Å². The van der Waals surface area contributed by atoms with Crippen LogP contribution in [0.5, 0.6) is 5.75 Å². The molecule has 8 heteroatoms. The lowest BCUT2D eigenvalue weighted by atomic mass is 9.95. The van der Waals surface area contributed by atoms with Crippen molar-refractivity contribution in [2.75, 3.05) is 5.73 Å². The van der Waals surface area contributed by atoms with E-state index in [2.05, 4.69) is 11.1 Å². The van der Waals surface area contributed by atoms with Crippen LogP contribution < -0.4 is 5.73 Å². The molecule has 1 aromatic carbocycles. The van der Waals surface area contributed by atoms with Gasteiger partial charge in [0.1, 0.15) is 18.0 Å². The molecule has 0 spiro atoms. The highest BCUT2D eigenvalue weighted by atomic mass is 16.6. The van der Waals surface area contributed by atoms with Gasteiger partial charge in [-0.3, -0.25) is 10.1 Å². The average Bonchev–Trinajstić information content (AvgIpc) is 2.87. The number of phenols is 1. The van der Waals surface area contributed by atoms with Crippen molar-refractivity contribution in [3.63, 3.8) is 0 Å². The zero-order valence-corrected chi connectivity index (χ0v) is 14.4. The monoisotopic (exact) mass is 359 g/mol. The van der Waals surface area contributed by atoms with Crippen molar-refractivity contribution in [2.45, 2.75) is 13.8 Å². The third kappa shape index (κ3) is 2.66. The minimum atomic E-state index is -0.676. The standard InChI is InChI=1S/C19H13N5O3/c1-9-12(5-11-3-4-16(25)15(6-11)24(26)27)17-10(2)14(8-21)19(22)23-18(17)13(9)7-20/h3-6,25H,1-2H3,(H2,22,23)/b12-5-. The molecule has 0 atom stereocenters. The zero-order chi connectivity index (χ0) is 19.9. The van der Waals surface area contributed by atoms with E-state index >= 15 is 0 Å². The van der Waals surface area contributed by atoms with Crippen molar-refractivity contribution in [1.82, 2.24) is 4.98 Å². The largest absolute Gasteiger partial charge is 0.502 e. The number of hydrogen-bond donors (Lipinski definition) is 2. The van der Waals surface area contributed by atoms with Crippen LogP contribution in [0.1, 0.15) is 34.9 Å². The molecule has 3 N–H and O–H groups in total. The topological polar surface area (TPSA) is 150 Å².